The van der Waals surface area contributed by atoms with Gasteiger partial charge in [0, 0.05) is 24.4 Å². The highest BCUT2D eigenvalue weighted by atomic mass is 32.3. The molecular formula is C10H18FNO3S. The molecule has 0 aliphatic carbocycles. The molecule has 0 aromatic heterocycles. The molecule has 94 valence electrons. The molecule has 1 amide bonds. The van der Waals surface area contributed by atoms with Gasteiger partial charge in [-0.2, -0.15) is 8.42 Å². The SMILES string of the molecule is CCC(C)(C)N1CC(CS(=O)(=O)F)CC1=O. The molecule has 1 atom stereocenters. The van der Waals surface area contributed by atoms with Crippen LogP contribution in [0.1, 0.15) is 33.6 Å². The molecule has 0 radical (unpaired) electrons. The number of hydrogen-bond acceptors (Lipinski definition) is 3. The average Bonchev–Trinajstić information content (AvgIpc) is 2.44. The van der Waals surface area contributed by atoms with Gasteiger partial charge < -0.3 is 4.90 Å². The van der Waals surface area contributed by atoms with Crippen LogP contribution in [0.15, 0.2) is 0 Å². The van der Waals surface area contributed by atoms with Gasteiger partial charge in [0.2, 0.25) is 5.91 Å². The van der Waals surface area contributed by atoms with Crippen LogP contribution in [0.4, 0.5) is 3.89 Å². The van der Waals surface area contributed by atoms with Crippen LogP contribution in [-0.4, -0.2) is 37.1 Å². The third kappa shape index (κ3) is 3.17. The Kier molecular flexibility index (Phi) is 3.62. The van der Waals surface area contributed by atoms with Crippen molar-refractivity contribution in [2.24, 2.45) is 5.92 Å². The van der Waals surface area contributed by atoms with Crippen LogP contribution in [0, 0.1) is 5.92 Å². The number of likely N-dealkylation sites (tertiary alicyclic amines) is 1. The molecule has 4 nitrogen and oxygen atoms in total. The molecular weight excluding hydrogens is 233 g/mol. The Hall–Kier alpha value is -0.650. The maximum atomic E-state index is 12.5. The van der Waals surface area contributed by atoms with E-state index in [9.17, 15) is 17.1 Å². The van der Waals surface area contributed by atoms with Gasteiger partial charge >= 0.3 is 10.2 Å². The molecule has 0 aromatic carbocycles. The highest BCUT2D eigenvalue weighted by molar-refractivity contribution is 7.86. The quantitative estimate of drug-likeness (QED) is 0.708. The second-order valence-electron chi connectivity index (χ2n) is 4.95. The molecule has 0 saturated carbocycles. The first-order valence-corrected chi connectivity index (χ1v) is 6.94. The summed E-state index contributed by atoms with van der Waals surface area (Å²) in [6, 6.07) is 0. The fourth-order valence-electron chi connectivity index (χ4n) is 1.95. The molecule has 1 aliphatic rings. The van der Waals surface area contributed by atoms with Crippen LogP contribution >= 0.6 is 0 Å². The number of rotatable bonds is 4. The third-order valence-electron chi connectivity index (χ3n) is 3.24. The molecule has 1 heterocycles. The van der Waals surface area contributed by atoms with Gasteiger partial charge in [-0.05, 0) is 20.3 Å². The Morgan fingerprint density at radius 1 is 1.50 bits per heavy atom. The summed E-state index contributed by atoms with van der Waals surface area (Å²) in [5, 5.41) is 0. The lowest BCUT2D eigenvalue weighted by Crippen LogP contribution is -2.44. The molecule has 6 heteroatoms. The van der Waals surface area contributed by atoms with E-state index < -0.39 is 21.9 Å². The summed E-state index contributed by atoms with van der Waals surface area (Å²) < 4.78 is 33.6. The van der Waals surface area contributed by atoms with E-state index in [1.54, 1.807) is 4.90 Å². The Labute approximate surface area is 96.0 Å². The lowest BCUT2D eigenvalue weighted by atomic mass is 10.00. The van der Waals surface area contributed by atoms with Gasteiger partial charge in [-0.25, -0.2) is 0 Å². The maximum Gasteiger partial charge on any atom is 0.302 e. The molecule has 1 rings (SSSR count). The van der Waals surface area contributed by atoms with E-state index in [0.29, 0.717) is 6.54 Å². The second kappa shape index (κ2) is 4.31. The number of nitrogens with zero attached hydrogens (tertiary/aromatic N) is 1. The van der Waals surface area contributed by atoms with Gasteiger partial charge in [0.05, 0.1) is 5.75 Å². The molecule has 1 fully saturated rings. The standard InChI is InChI=1S/C10H18FNO3S/c1-4-10(2,3)12-6-8(5-9(12)13)7-16(11,14)15/h8H,4-7H2,1-3H3. The van der Waals surface area contributed by atoms with Crippen LogP contribution in [0.5, 0.6) is 0 Å². The Bertz CT molecular complexity index is 378. The molecule has 0 spiro atoms. The van der Waals surface area contributed by atoms with Crippen molar-refractivity contribution in [3.05, 3.63) is 0 Å². The van der Waals surface area contributed by atoms with Crippen LogP contribution in [0.3, 0.4) is 0 Å². The minimum absolute atomic E-state index is 0.0829. The van der Waals surface area contributed by atoms with E-state index in [0.717, 1.165) is 6.42 Å². The Balaban J connectivity index is 2.72. The van der Waals surface area contributed by atoms with Crippen molar-refractivity contribution in [1.82, 2.24) is 4.90 Å². The summed E-state index contributed by atoms with van der Waals surface area (Å²) in [5.74, 6) is -1.04. The number of carbonyl (C=O) groups is 1. The van der Waals surface area contributed by atoms with Crippen molar-refractivity contribution >= 4 is 16.1 Å². The lowest BCUT2D eigenvalue weighted by molar-refractivity contribution is -0.132. The van der Waals surface area contributed by atoms with Crippen molar-refractivity contribution in [3.63, 3.8) is 0 Å². The maximum absolute atomic E-state index is 12.5. The number of carbonyl (C=O) groups excluding carboxylic acids is 1. The smallest absolute Gasteiger partial charge is 0.302 e. The van der Waals surface area contributed by atoms with Gasteiger partial charge in [-0.3, -0.25) is 4.79 Å². The van der Waals surface area contributed by atoms with Crippen molar-refractivity contribution < 1.29 is 17.1 Å². The van der Waals surface area contributed by atoms with E-state index >= 15 is 0 Å². The van der Waals surface area contributed by atoms with Crippen LogP contribution in [0.25, 0.3) is 0 Å². The van der Waals surface area contributed by atoms with Crippen molar-refractivity contribution in [2.75, 3.05) is 12.3 Å². The Morgan fingerprint density at radius 3 is 2.50 bits per heavy atom. The van der Waals surface area contributed by atoms with Gasteiger partial charge in [-0.15, -0.1) is 3.89 Å². The number of hydrogen-bond donors (Lipinski definition) is 0. The van der Waals surface area contributed by atoms with E-state index in [1.807, 2.05) is 20.8 Å². The molecule has 1 saturated heterocycles. The van der Waals surface area contributed by atoms with Crippen molar-refractivity contribution in [2.45, 2.75) is 39.2 Å². The topological polar surface area (TPSA) is 54.5 Å². The molecule has 1 unspecified atom stereocenters. The Morgan fingerprint density at radius 2 is 2.06 bits per heavy atom. The summed E-state index contributed by atoms with van der Waals surface area (Å²) in [4.78, 5) is 13.3. The summed E-state index contributed by atoms with van der Waals surface area (Å²) >= 11 is 0. The highest BCUT2D eigenvalue weighted by Crippen LogP contribution is 2.29. The monoisotopic (exact) mass is 251 g/mol. The van der Waals surface area contributed by atoms with Gasteiger partial charge in [0.1, 0.15) is 0 Å². The van der Waals surface area contributed by atoms with Crippen molar-refractivity contribution in [3.8, 4) is 0 Å². The minimum Gasteiger partial charge on any atom is -0.337 e. The van der Waals surface area contributed by atoms with E-state index in [2.05, 4.69) is 0 Å². The fourth-order valence-corrected chi connectivity index (χ4v) is 2.74. The van der Waals surface area contributed by atoms with Gasteiger partial charge in [0.15, 0.2) is 0 Å². The second-order valence-corrected chi connectivity index (χ2v) is 6.36. The average molecular weight is 251 g/mol. The first-order valence-electron chi connectivity index (χ1n) is 5.38. The zero-order valence-electron chi connectivity index (χ0n) is 9.86. The predicted octanol–water partition coefficient (Wildman–Crippen LogP) is 1.32. The predicted molar refractivity (Wildman–Crippen MR) is 59.1 cm³/mol. The first kappa shape index (κ1) is 13.4. The molecule has 1 aliphatic heterocycles. The summed E-state index contributed by atoms with van der Waals surface area (Å²) in [7, 11) is -4.49. The van der Waals surface area contributed by atoms with Gasteiger partial charge in [-0.1, -0.05) is 6.92 Å². The van der Waals surface area contributed by atoms with E-state index in [1.165, 1.54) is 0 Å². The number of halogens is 1. The minimum atomic E-state index is -4.49. The molecule has 0 N–H and O–H groups in total. The van der Waals surface area contributed by atoms with Crippen LogP contribution < -0.4 is 0 Å². The molecule has 0 bridgehead atoms. The fraction of sp³-hybridized carbons (Fsp3) is 0.900. The lowest BCUT2D eigenvalue weighted by Gasteiger charge is -2.35. The zero-order valence-corrected chi connectivity index (χ0v) is 10.7. The zero-order chi connectivity index (χ0) is 12.6. The van der Waals surface area contributed by atoms with Crippen LogP contribution in [-0.2, 0) is 15.0 Å². The normalized spacial score (nSPS) is 22.9. The first-order chi connectivity index (χ1) is 7.15. The number of amides is 1. The summed E-state index contributed by atoms with van der Waals surface area (Å²) in [6.45, 7) is 6.16. The van der Waals surface area contributed by atoms with Crippen molar-refractivity contribution in [1.29, 1.82) is 0 Å². The third-order valence-corrected chi connectivity index (χ3v) is 4.11. The molecule has 0 aromatic rings. The van der Waals surface area contributed by atoms with E-state index in [-0.39, 0.29) is 17.9 Å². The largest absolute Gasteiger partial charge is 0.337 e. The van der Waals surface area contributed by atoms with Gasteiger partial charge in [0.25, 0.3) is 0 Å². The highest BCUT2D eigenvalue weighted by Gasteiger charge is 2.39. The van der Waals surface area contributed by atoms with Crippen LogP contribution in [0.2, 0.25) is 0 Å². The molecule has 16 heavy (non-hydrogen) atoms. The van der Waals surface area contributed by atoms with E-state index in [4.69, 9.17) is 0 Å². The summed E-state index contributed by atoms with van der Waals surface area (Å²) in [6.07, 6.45) is 0.917. The summed E-state index contributed by atoms with van der Waals surface area (Å²) in [5.41, 5.74) is -0.286.